The fourth-order valence-electron chi connectivity index (χ4n) is 2.82. The molecule has 0 radical (unpaired) electrons. The van der Waals surface area contributed by atoms with Gasteiger partial charge in [0.25, 0.3) is 0 Å². The molecule has 2 aromatic rings. The van der Waals surface area contributed by atoms with Gasteiger partial charge in [0.15, 0.2) is 0 Å². The molecule has 1 aliphatic carbocycles. The molecule has 0 atom stereocenters. The quantitative estimate of drug-likeness (QED) is 0.749. The van der Waals surface area contributed by atoms with E-state index >= 15 is 0 Å². The van der Waals surface area contributed by atoms with Crippen LogP contribution in [0.2, 0.25) is 0 Å². The molecule has 0 heterocycles. The smallest absolute Gasteiger partial charge is 0.0396 e. The first-order valence-electron chi connectivity index (χ1n) is 6.91. The zero-order valence-electron chi connectivity index (χ0n) is 12.0. The normalized spacial score (nSPS) is 13.9. The first kappa shape index (κ1) is 12.7. The first-order chi connectivity index (χ1) is 9.56. The third-order valence-corrected chi connectivity index (χ3v) is 4.11. The van der Waals surface area contributed by atoms with E-state index in [1.54, 1.807) is 0 Å². The summed E-state index contributed by atoms with van der Waals surface area (Å²) >= 11 is 0. The van der Waals surface area contributed by atoms with E-state index in [2.05, 4.69) is 50.8 Å². The monoisotopic (exact) mass is 261 g/mol. The van der Waals surface area contributed by atoms with Crippen LogP contribution in [-0.2, 0) is 6.42 Å². The molecule has 1 heteroatoms. The zero-order chi connectivity index (χ0) is 14.3. The molecule has 0 fully saturated rings. The minimum absolute atomic E-state index is 0.822. The summed E-state index contributed by atoms with van der Waals surface area (Å²) in [6.45, 7) is 8.47. The lowest BCUT2D eigenvalue weighted by atomic mass is 9.84. The average molecular weight is 261 g/mol. The second-order valence-corrected chi connectivity index (χ2v) is 5.55. The van der Waals surface area contributed by atoms with Crippen molar-refractivity contribution in [3.05, 3.63) is 76.9 Å². The van der Waals surface area contributed by atoms with Gasteiger partial charge in [-0.3, -0.25) is 0 Å². The van der Waals surface area contributed by atoms with Gasteiger partial charge in [-0.25, -0.2) is 0 Å². The Morgan fingerprint density at radius 1 is 1.05 bits per heavy atom. The lowest BCUT2D eigenvalue weighted by Crippen LogP contribution is -2.05. The molecular formula is C19H19N. The SMILES string of the molecule is C=C1C=C(c2ccc(C)c(C)c2)Cc2cccc(N)c21. The Bertz CT molecular complexity index is 735. The number of hydrogen-bond acceptors (Lipinski definition) is 1. The summed E-state index contributed by atoms with van der Waals surface area (Å²) < 4.78 is 0. The molecule has 0 unspecified atom stereocenters. The maximum absolute atomic E-state index is 6.07. The van der Waals surface area contributed by atoms with Crippen LogP contribution in [0.3, 0.4) is 0 Å². The van der Waals surface area contributed by atoms with Crippen molar-refractivity contribution in [2.24, 2.45) is 0 Å². The molecule has 2 aromatic carbocycles. The molecule has 3 rings (SSSR count). The van der Waals surface area contributed by atoms with Gasteiger partial charge in [-0.1, -0.05) is 43.0 Å². The second kappa shape index (κ2) is 4.68. The maximum atomic E-state index is 6.07. The molecular weight excluding hydrogens is 242 g/mol. The minimum atomic E-state index is 0.822. The van der Waals surface area contributed by atoms with E-state index in [1.165, 1.54) is 27.8 Å². The number of allylic oxidation sites excluding steroid dienone is 3. The Balaban J connectivity index is 2.06. The van der Waals surface area contributed by atoms with Gasteiger partial charge in [0, 0.05) is 11.3 Å². The molecule has 0 aromatic heterocycles. The number of aryl methyl sites for hydroxylation is 2. The van der Waals surface area contributed by atoms with Crippen molar-refractivity contribution in [2.45, 2.75) is 20.3 Å². The fourth-order valence-corrected chi connectivity index (χ4v) is 2.82. The van der Waals surface area contributed by atoms with Gasteiger partial charge in [-0.2, -0.15) is 0 Å². The highest BCUT2D eigenvalue weighted by molar-refractivity contribution is 5.92. The number of hydrogen-bond donors (Lipinski definition) is 1. The number of nitrogen functional groups attached to an aromatic ring is 1. The number of nitrogens with two attached hydrogens (primary N) is 1. The lowest BCUT2D eigenvalue weighted by molar-refractivity contribution is 1.23. The molecule has 0 saturated carbocycles. The molecule has 0 saturated heterocycles. The summed E-state index contributed by atoms with van der Waals surface area (Å²) in [7, 11) is 0. The number of benzene rings is 2. The molecule has 0 spiro atoms. The largest absolute Gasteiger partial charge is 0.398 e. The molecule has 0 amide bonds. The van der Waals surface area contributed by atoms with Crippen LogP contribution >= 0.6 is 0 Å². The van der Waals surface area contributed by atoms with Gasteiger partial charge in [-0.15, -0.1) is 0 Å². The predicted octanol–water partition coefficient (Wildman–Crippen LogP) is 4.54. The van der Waals surface area contributed by atoms with Gasteiger partial charge < -0.3 is 5.73 Å². The van der Waals surface area contributed by atoms with E-state index in [4.69, 9.17) is 5.73 Å². The Morgan fingerprint density at radius 2 is 1.85 bits per heavy atom. The van der Waals surface area contributed by atoms with Crippen LogP contribution in [-0.4, -0.2) is 0 Å². The van der Waals surface area contributed by atoms with Crippen molar-refractivity contribution in [1.29, 1.82) is 0 Å². The summed E-state index contributed by atoms with van der Waals surface area (Å²) in [5.41, 5.74) is 15.5. The van der Waals surface area contributed by atoms with Gasteiger partial charge in [0.05, 0.1) is 0 Å². The van der Waals surface area contributed by atoms with E-state index < -0.39 is 0 Å². The molecule has 2 N–H and O–H groups in total. The maximum Gasteiger partial charge on any atom is 0.0396 e. The summed E-state index contributed by atoms with van der Waals surface area (Å²) in [6.07, 6.45) is 3.09. The zero-order valence-corrected chi connectivity index (χ0v) is 12.0. The minimum Gasteiger partial charge on any atom is -0.398 e. The highest BCUT2D eigenvalue weighted by Gasteiger charge is 2.17. The van der Waals surface area contributed by atoms with Crippen LogP contribution < -0.4 is 5.73 Å². The molecule has 100 valence electrons. The Hall–Kier alpha value is -2.28. The third-order valence-electron chi connectivity index (χ3n) is 4.11. The number of anilines is 1. The summed E-state index contributed by atoms with van der Waals surface area (Å²) in [5.74, 6) is 0. The van der Waals surface area contributed by atoms with E-state index in [0.29, 0.717) is 0 Å². The van der Waals surface area contributed by atoms with Crippen molar-refractivity contribution in [3.63, 3.8) is 0 Å². The van der Waals surface area contributed by atoms with Crippen LogP contribution in [0.25, 0.3) is 11.1 Å². The fraction of sp³-hybridized carbons (Fsp3) is 0.158. The summed E-state index contributed by atoms with van der Waals surface area (Å²) in [4.78, 5) is 0. The van der Waals surface area contributed by atoms with E-state index in [1.807, 2.05) is 12.1 Å². The van der Waals surface area contributed by atoms with Crippen molar-refractivity contribution in [2.75, 3.05) is 5.73 Å². The van der Waals surface area contributed by atoms with Gasteiger partial charge in [0.2, 0.25) is 0 Å². The lowest BCUT2D eigenvalue weighted by Gasteiger charge is -2.21. The van der Waals surface area contributed by atoms with Crippen molar-refractivity contribution in [1.82, 2.24) is 0 Å². The van der Waals surface area contributed by atoms with Crippen molar-refractivity contribution >= 4 is 16.8 Å². The summed E-state index contributed by atoms with van der Waals surface area (Å²) in [6, 6.07) is 12.7. The van der Waals surface area contributed by atoms with Crippen LogP contribution in [0.15, 0.2) is 49.1 Å². The van der Waals surface area contributed by atoms with Crippen molar-refractivity contribution in [3.8, 4) is 0 Å². The van der Waals surface area contributed by atoms with E-state index in [-0.39, 0.29) is 0 Å². The Kier molecular flexibility index (Phi) is 2.98. The summed E-state index contributed by atoms with van der Waals surface area (Å²) in [5, 5.41) is 0. The van der Waals surface area contributed by atoms with Gasteiger partial charge in [0.1, 0.15) is 0 Å². The Labute approximate surface area is 120 Å². The standard InChI is InChI=1S/C19H19N/c1-12-7-8-15(9-13(12)2)17-10-14(3)19-16(11-17)5-4-6-18(19)20/h4-10H,3,11,20H2,1-2H3. The van der Waals surface area contributed by atoms with Gasteiger partial charge in [-0.05, 0) is 59.7 Å². The molecule has 0 bridgehead atoms. The highest BCUT2D eigenvalue weighted by atomic mass is 14.6. The molecule has 1 aliphatic rings. The Morgan fingerprint density at radius 3 is 2.60 bits per heavy atom. The van der Waals surface area contributed by atoms with Crippen LogP contribution in [0.4, 0.5) is 5.69 Å². The number of rotatable bonds is 1. The highest BCUT2D eigenvalue weighted by Crippen LogP contribution is 2.36. The second-order valence-electron chi connectivity index (χ2n) is 5.55. The van der Waals surface area contributed by atoms with Gasteiger partial charge >= 0.3 is 0 Å². The van der Waals surface area contributed by atoms with Crippen LogP contribution in [0.5, 0.6) is 0 Å². The van der Waals surface area contributed by atoms with Crippen LogP contribution in [0.1, 0.15) is 27.8 Å². The molecule has 1 nitrogen and oxygen atoms in total. The van der Waals surface area contributed by atoms with Crippen LogP contribution in [0, 0.1) is 13.8 Å². The van der Waals surface area contributed by atoms with E-state index in [0.717, 1.165) is 23.2 Å². The topological polar surface area (TPSA) is 26.0 Å². The average Bonchev–Trinajstić information content (AvgIpc) is 2.41. The first-order valence-corrected chi connectivity index (χ1v) is 6.91. The predicted molar refractivity (Wildman–Crippen MR) is 87.5 cm³/mol. The molecule has 0 aliphatic heterocycles. The number of fused-ring (bicyclic) bond motifs is 1. The third kappa shape index (κ3) is 2.05. The van der Waals surface area contributed by atoms with Crippen molar-refractivity contribution < 1.29 is 0 Å². The molecule has 20 heavy (non-hydrogen) atoms. The van der Waals surface area contributed by atoms with E-state index in [9.17, 15) is 0 Å².